The lowest BCUT2D eigenvalue weighted by Crippen LogP contribution is -2.20. The Balaban J connectivity index is 1.82. The fourth-order valence-corrected chi connectivity index (χ4v) is 2.56. The second-order valence-electron chi connectivity index (χ2n) is 5.69. The van der Waals surface area contributed by atoms with Gasteiger partial charge in [-0.2, -0.15) is 0 Å². The lowest BCUT2D eigenvalue weighted by Gasteiger charge is -2.14. The Hall–Kier alpha value is -1.39. The smallest absolute Gasteiger partial charge is 0.226 e. The molecular weight excluding hydrogens is 264 g/mol. The first kappa shape index (κ1) is 16.0. The number of hydrogen-bond donors (Lipinski definition) is 2. The highest BCUT2D eigenvalue weighted by Crippen LogP contribution is 2.18. The van der Waals surface area contributed by atoms with E-state index < -0.39 is 0 Å². The van der Waals surface area contributed by atoms with Crippen LogP contribution in [0.4, 0.5) is 5.69 Å². The third kappa shape index (κ3) is 5.14. The summed E-state index contributed by atoms with van der Waals surface area (Å²) in [7, 11) is 0. The van der Waals surface area contributed by atoms with E-state index in [1.54, 1.807) is 0 Å². The third-order valence-corrected chi connectivity index (χ3v) is 3.83. The van der Waals surface area contributed by atoms with E-state index in [2.05, 4.69) is 36.6 Å². The summed E-state index contributed by atoms with van der Waals surface area (Å²) in [5, 5.41) is 6.39. The summed E-state index contributed by atoms with van der Waals surface area (Å²) in [6, 6.07) is 8.39. The van der Waals surface area contributed by atoms with Crippen LogP contribution in [0.15, 0.2) is 24.3 Å². The molecule has 1 aromatic carbocycles. The molecule has 0 bridgehead atoms. The van der Waals surface area contributed by atoms with Crippen LogP contribution in [-0.4, -0.2) is 25.2 Å². The highest BCUT2D eigenvalue weighted by atomic mass is 16.5. The second kappa shape index (κ2) is 8.15. The number of nitrogens with one attached hydrogen (secondary N) is 2. The van der Waals surface area contributed by atoms with Crippen molar-refractivity contribution >= 4 is 11.6 Å². The zero-order valence-electron chi connectivity index (χ0n) is 13.0. The van der Waals surface area contributed by atoms with Gasteiger partial charge in [-0.1, -0.05) is 19.1 Å². The van der Waals surface area contributed by atoms with Crippen molar-refractivity contribution in [2.24, 2.45) is 0 Å². The maximum Gasteiger partial charge on any atom is 0.226 e. The van der Waals surface area contributed by atoms with Crippen LogP contribution in [0, 0.1) is 0 Å². The number of anilines is 1. The van der Waals surface area contributed by atoms with Gasteiger partial charge in [-0.25, -0.2) is 0 Å². The maximum absolute atomic E-state index is 11.9. The van der Waals surface area contributed by atoms with Gasteiger partial charge in [0.1, 0.15) is 0 Å². The molecule has 1 amide bonds. The van der Waals surface area contributed by atoms with E-state index in [9.17, 15) is 4.79 Å². The van der Waals surface area contributed by atoms with Gasteiger partial charge >= 0.3 is 0 Å². The van der Waals surface area contributed by atoms with Crippen molar-refractivity contribution in [3.63, 3.8) is 0 Å². The van der Waals surface area contributed by atoms with Gasteiger partial charge in [-0.3, -0.25) is 4.79 Å². The quantitative estimate of drug-likeness (QED) is 0.810. The summed E-state index contributed by atoms with van der Waals surface area (Å²) in [6.07, 6.45) is 3.74. The molecule has 1 heterocycles. The zero-order valence-corrected chi connectivity index (χ0v) is 13.0. The number of carbonyl (C=O) groups excluding carboxylic acids is 1. The van der Waals surface area contributed by atoms with Crippen molar-refractivity contribution in [2.75, 3.05) is 18.5 Å². The fourth-order valence-electron chi connectivity index (χ4n) is 2.56. The van der Waals surface area contributed by atoms with Crippen LogP contribution in [0.5, 0.6) is 0 Å². The summed E-state index contributed by atoms with van der Waals surface area (Å²) < 4.78 is 5.48. The molecule has 4 nitrogen and oxygen atoms in total. The molecular formula is C17H26N2O2. The van der Waals surface area contributed by atoms with E-state index >= 15 is 0 Å². The summed E-state index contributed by atoms with van der Waals surface area (Å²) >= 11 is 0. The van der Waals surface area contributed by atoms with Crippen LogP contribution in [0.1, 0.15) is 51.1 Å². The SMILES string of the molecule is CCCNC(C)c1ccc(NC(=O)CC2CCCO2)cc1. The number of hydrogen-bond acceptors (Lipinski definition) is 3. The molecule has 2 N–H and O–H groups in total. The number of ether oxygens (including phenoxy) is 1. The summed E-state index contributed by atoms with van der Waals surface area (Å²) in [4.78, 5) is 11.9. The molecule has 0 radical (unpaired) electrons. The molecule has 1 aromatic rings. The van der Waals surface area contributed by atoms with E-state index in [-0.39, 0.29) is 12.0 Å². The highest BCUT2D eigenvalue weighted by Gasteiger charge is 2.19. The van der Waals surface area contributed by atoms with Crippen LogP contribution in [-0.2, 0) is 9.53 Å². The predicted octanol–water partition coefficient (Wildman–Crippen LogP) is 3.25. The maximum atomic E-state index is 11.9. The summed E-state index contributed by atoms with van der Waals surface area (Å²) in [6.45, 7) is 6.11. The van der Waals surface area contributed by atoms with Crippen molar-refractivity contribution in [3.05, 3.63) is 29.8 Å². The topological polar surface area (TPSA) is 50.4 Å². The molecule has 0 aromatic heterocycles. The molecule has 1 aliphatic heterocycles. The Morgan fingerprint density at radius 3 is 2.76 bits per heavy atom. The standard InChI is InChI=1S/C17H26N2O2/c1-3-10-18-13(2)14-6-8-15(9-7-14)19-17(20)12-16-5-4-11-21-16/h6-9,13,16,18H,3-5,10-12H2,1-2H3,(H,19,20). The predicted molar refractivity (Wildman–Crippen MR) is 85.4 cm³/mol. The first-order chi connectivity index (χ1) is 10.2. The molecule has 0 aliphatic carbocycles. The van der Waals surface area contributed by atoms with Gasteiger partial charge in [-0.05, 0) is 50.4 Å². The number of amides is 1. The van der Waals surface area contributed by atoms with Crippen LogP contribution >= 0.6 is 0 Å². The van der Waals surface area contributed by atoms with Crippen LogP contribution < -0.4 is 10.6 Å². The Bertz CT molecular complexity index is 439. The monoisotopic (exact) mass is 290 g/mol. The second-order valence-corrected chi connectivity index (χ2v) is 5.69. The molecule has 4 heteroatoms. The molecule has 0 spiro atoms. The number of rotatable bonds is 7. The van der Waals surface area contributed by atoms with E-state index in [0.717, 1.165) is 38.1 Å². The minimum absolute atomic E-state index is 0.0341. The molecule has 2 atom stereocenters. The molecule has 2 unspecified atom stereocenters. The molecule has 21 heavy (non-hydrogen) atoms. The average Bonchev–Trinajstić information content (AvgIpc) is 2.98. The number of carbonyl (C=O) groups is 1. The average molecular weight is 290 g/mol. The van der Waals surface area contributed by atoms with E-state index in [1.807, 2.05) is 12.1 Å². The van der Waals surface area contributed by atoms with Gasteiger partial charge in [0.05, 0.1) is 12.5 Å². The molecule has 2 rings (SSSR count). The third-order valence-electron chi connectivity index (χ3n) is 3.83. The van der Waals surface area contributed by atoms with Crippen LogP contribution in [0.25, 0.3) is 0 Å². The van der Waals surface area contributed by atoms with E-state index in [1.165, 1.54) is 5.56 Å². The van der Waals surface area contributed by atoms with Crippen molar-refractivity contribution in [2.45, 2.75) is 51.7 Å². The first-order valence-corrected chi connectivity index (χ1v) is 7.94. The van der Waals surface area contributed by atoms with Crippen LogP contribution in [0.3, 0.4) is 0 Å². The lowest BCUT2D eigenvalue weighted by atomic mass is 10.1. The van der Waals surface area contributed by atoms with Gasteiger partial charge in [0.2, 0.25) is 5.91 Å². The number of benzene rings is 1. The van der Waals surface area contributed by atoms with Gasteiger partial charge in [0.15, 0.2) is 0 Å². The van der Waals surface area contributed by atoms with Gasteiger partial charge in [-0.15, -0.1) is 0 Å². The normalized spacial score (nSPS) is 19.4. The lowest BCUT2D eigenvalue weighted by molar-refractivity contribution is -0.118. The van der Waals surface area contributed by atoms with Crippen molar-refractivity contribution in [3.8, 4) is 0 Å². The van der Waals surface area contributed by atoms with Crippen molar-refractivity contribution in [1.82, 2.24) is 5.32 Å². The summed E-state index contributed by atoms with van der Waals surface area (Å²) in [5.41, 5.74) is 2.09. The Kier molecular flexibility index (Phi) is 6.21. The van der Waals surface area contributed by atoms with Crippen molar-refractivity contribution in [1.29, 1.82) is 0 Å². The minimum Gasteiger partial charge on any atom is -0.378 e. The molecule has 0 saturated carbocycles. The largest absolute Gasteiger partial charge is 0.378 e. The minimum atomic E-state index is 0.0341. The van der Waals surface area contributed by atoms with Gasteiger partial charge in [0.25, 0.3) is 0 Å². The molecule has 1 saturated heterocycles. The fraction of sp³-hybridized carbons (Fsp3) is 0.588. The van der Waals surface area contributed by atoms with Gasteiger partial charge < -0.3 is 15.4 Å². The van der Waals surface area contributed by atoms with Gasteiger partial charge in [0, 0.05) is 18.3 Å². The van der Waals surface area contributed by atoms with E-state index in [0.29, 0.717) is 12.5 Å². The van der Waals surface area contributed by atoms with Crippen molar-refractivity contribution < 1.29 is 9.53 Å². The Morgan fingerprint density at radius 2 is 2.14 bits per heavy atom. The zero-order chi connectivity index (χ0) is 15.1. The highest BCUT2D eigenvalue weighted by molar-refractivity contribution is 5.91. The molecule has 1 aliphatic rings. The molecule has 116 valence electrons. The first-order valence-electron chi connectivity index (χ1n) is 7.94. The van der Waals surface area contributed by atoms with E-state index in [4.69, 9.17) is 4.74 Å². The Morgan fingerprint density at radius 1 is 1.38 bits per heavy atom. The van der Waals surface area contributed by atoms with Crippen LogP contribution in [0.2, 0.25) is 0 Å². The Labute approximate surface area is 127 Å². The summed E-state index contributed by atoms with van der Waals surface area (Å²) in [5.74, 6) is 0.0341. The molecule has 1 fully saturated rings.